The minimum absolute atomic E-state index is 0.440. The van der Waals surface area contributed by atoms with Crippen LogP contribution in [-0.4, -0.2) is 9.97 Å². The predicted octanol–water partition coefficient (Wildman–Crippen LogP) is 14.8. The number of nitrogens with zero attached hydrogens (tertiary/aromatic N) is 2. The molecule has 61 heavy (non-hydrogen) atoms. The molecule has 0 saturated heterocycles. The lowest BCUT2D eigenvalue weighted by Gasteiger charge is -2.34. The van der Waals surface area contributed by atoms with Gasteiger partial charge in [0.05, 0.1) is 16.8 Å². The van der Waals surface area contributed by atoms with Crippen LogP contribution in [0.5, 0.6) is 0 Å². The number of fused-ring (bicyclic) bond motifs is 3. The Morgan fingerprint density at radius 3 is 1.31 bits per heavy atom. The van der Waals surface area contributed by atoms with Gasteiger partial charge in [-0.3, -0.25) is 0 Å². The smallest absolute Gasteiger partial charge is 0.160 e. The van der Waals surface area contributed by atoms with Crippen LogP contribution in [-0.2, 0) is 5.41 Å². The molecule has 0 fully saturated rings. The maximum atomic E-state index is 5.15. The molecule has 0 atom stereocenters. The molecule has 11 rings (SSSR count). The van der Waals surface area contributed by atoms with Crippen LogP contribution >= 0.6 is 0 Å². The number of benzene rings is 9. The van der Waals surface area contributed by atoms with E-state index >= 15 is 0 Å². The Hall–Kier alpha value is -7.94. The van der Waals surface area contributed by atoms with Gasteiger partial charge in [-0.05, 0) is 78.9 Å². The monoisotopic (exact) mass is 776 g/mol. The molecule has 0 aliphatic heterocycles. The minimum Gasteiger partial charge on any atom is -0.228 e. The van der Waals surface area contributed by atoms with Crippen LogP contribution in [0.25, 0.3) is 78.4 Å². The van der Waals surface area contributed by atoms with E-state index in [4.69, 9.17) is 9.97 Å². The Kier molecular flexibility index (Phi) is 9.09. The Morgan fingerprint density at radius 1 is 0.262 bits per heavy atom. The molecule has 286 valence electrons. The first-order valence-electron chi connectivity index (χ1n) is 20.9. The molecule has 1 aromatic heterocycles. The van der Waals surface area contributed by atoms with Crippen molar-refractivity contribution in [3.05, 3.63) is 265 Å². The lowest BCUT2D eigenvalue weighted by molar-refractivity contribution is 0.768. The van der Waals surface area contributed by atoms with E-state index in [1.54, 1.807) is 0 Å². The first-order valence-corrected chi connectivity index (χ1v) is 20.9. The third-order valence-electron chi connectivity index (χ3n) is 12.2. The van der Waals surface area contributed by atoms with E-state index in [1.165, 1.54) is 50.1 Å². The van der Waals surface area contributed by atoms with Crippen molar-refractivity contribution in [3.63, 3.8) is 0 Å². The highest BCUT2D eigenvalue weighted by Crippen LogP contribution is 2.58. The van der Waals surface area contributed by atoms with Crippen molar-refractivity contribution >= 4 is 0 Å². The highest BCUT2D eigenvalue weighted by molar-refractivity contribution is 5.96. The maximum absolute atomic E-state index is 5.15. The summed E-state index contributed by atoms with van der Waals surface area (Å²) in [4.78, 5) is 10.2. The summed E-state index contributed by atoms with van der Waals surface area (Å²) >= 11 is 0. The maximum Gasteiger partial charge on any atom is 0.160 e. The molecule has 0 saturated carbocycles. The van der Waals surface area contributed by atoms with Crippen LogP contribution in [0, 0.1) is 0 Å². The van der Waals surface area contributed by atoms with Gasteiger partial charge in [-0.1, -0.05) is 231 Å². The second-order valence-electron chi connectivity index (χ2n) is 15.7. The first kappa shape index (κ1) is 36.2. The second kappa shape index (κ2) is 15.3. The van der Waals surface area contributed by atoms with Crippen LogP contribution in [0.3, 0.4) is 0 Å². The number of hydrogen-bond acceptors (Lipinski definition) is 2. The Morgan fingerprint density at radius 2 is 0.672 bits per heavy atom. The topological polar surface area (TPSA) is 25.8 Å². The Labute approximate surface area is 357 Å². The summed E-state index contributed by atoms with van der Waals surface area (Å²) in [6, 6.07) is 87.1. The highest BCUT2D eigenvalue weighted by atomic mass is 14.9. The van der Waals surface area contributed by atoms with Crippen molar-refractivity contribution < 1.29 is 0 Å². The Balaban J connectivity index is 0.975. The fraction of sp³-hybridized carbons (Fsp3) is 0.0169. The average Bonchev–Trinajstić information content (AvgIpc) is 3.66. The zero-order chi connectivity index (χ0) is 40.6. The van der Waals surface area contributed by atoms with Crippen molar-refractivity contribution in [1.29, 1.82) is 0 Å². The van der Waals surface area contributed by atoms with E-state index in [2.05, 4.69) is 231 Å². The minimum atomic E-state index is -0.440. The summed E-state index contributed by atoms with van der Waals surface area (Å²) in [7, 11) is 0. The van der Waals surface area contributed by atoms with Crippen molar-refractivity contribution in [2.24, 2.45) is 0 Å². The van der Waals surface area contributed by atoms with E-state index in [9.17, 15) is 0 Å². The van der Waals surface area contributed by atoms with Gasteiger partial charge >= 0.3 is 0 Å². The van der Waals surface area contributed by atoms with Crippen molar-refractivity contribution in [1.82, 2.24) is 9.97 Å². The molecular weight excluding hydrogens is 737 g/mol. The largest absolute Gasteiger partial charge is 0.228 e. The van der Waals surface area contributed by atoms with Gasteiger partial charge in [-0.25, -0.2) is 9.97 Å². The molecule has 0 amide bonds. The SMILES string of the molecule is c1ccc(-c2ccc(-c3nc(-c4ccccc4)cc(-c4ccc(-c5cccc(-c6cccc7c6-c6ccccc6C7(c6ccccc6)c6ccccc6)c5)cc4)n3)cc2)cc1. The zero-order valence-electron chi connectivity index (χ0n) is 33.5. The van der Waals surface area contributed by atoms with E-state index in [-0.39, 0.29) is 0 Å². The molecule has 0 spiro atoms. The fourth-order valence-electron chi connectivity index (χ4n) is 9.36. The number of aromatic nitrogens is 2. The molecule has 0 radical (unpaired) electrons. The molecule has 0 bridgehead atoms. The van der Waals surface area contributed by atoms with Crippen LogP contribution < -0.4 is 0 Å². The molecule has 2 nitrogen and oxygen atoms in total. The Bertz CT molecular complexity index is 3100. The quantitative estimate of drug-likeness (QED) is 0.154. The van der Waals surface area contributed by atoms with Crippen LogP contribution in [0.2, 0.25) is 0 Å². The van der Waals surface area contributed by atoms with Crippen molar-refractivity contribution in [2.75, 3.05) is 0 Å². The molecule has 1 aliphatic rings. The van der Waals surface area contributed by atoms with Gasteiger partial charge in [-0.15, -0.1) is 0 Å². The van der Waals surface area contributed by atoms with Crippen LogP contribution in [0.1, 0.15) is 22.3 Å². The van der Waals surface area contributed by atoms with E-state index in [1.807, 2.05) is 12.1 Å². The van der Waals surface area contributed by atoms with Gasteiger partial charge < -0.3 is 0 Å². The fourth-order valence-corrected chi connectivity index (χ4v) is 9.36. The lowest BCUT2D eigenvalue weighted by atomic mass is 9.67. The molecule has 0 N–H and O–H groups in total. The number of hydrogen-bond donors (Lipinski definition) is 0. The third kappa shape index (κ3) is 6.37. The summed E-state index contributed by atoms with van der Waals surface area (Å²) < 4.78 is 0. The predicted molar refractivity (Wildman–Crippen MR) is 252 cm³/mol. The second-order valence-corrected chi connectivity index (χ2v) is 15.7. The summed E-state index contributed by atoms with van der Waals surface area (Å²) in [6.07, 6.45) is 0. The van der Waals surface area contributed by atoms with Crippen LogP contribution in [0.15, 0.2) is 243 Å². The lowest BCUT2D eigenvalue weighted by Crippen LogP contribution is -2.28. The molecule has 2 heteroatoms. The first-order chi connectivity index (χ1) is 30.2. The van der Waals surface area contributed by atoms with E-state index in [0.29, 0.717) is 5.82 Å². The normalized spacial score (nSPS) is 12.4. The average molecular weight is 777 g/mol. The van der Waals surface area contributed by atoms with E-state index < -0.39 is 5.41 Å². The van der Waals surface area contributed by atoms with Gasteiger partial charge in [0.2, 0.25) is 0 Å². The molecule has 1 aliphatic carbocycles. The third-order valence-corrected chi connectivity index (χ3v) is 12.2. The molecule has 10 aromatic rings. The zero-order valence-corrected chi connectivity index (χ0v) is 33.5. The van der Waals surface area contributed by atoms with Gasteiger partial charge in [0.15, 0.2) is 5.82 Å². The summed E-state index contributed by atoms with van der Waals surface area (Å²) in [5.74, 6) is 0.702. The van der Waals surface area contributed by atoms with Gasteiger partial charge in [0.1, 0.15) is 0 Å². The summed E-state index contributed by atoms with van der Waals surface area (Å²) in [5, 5.41) is 0. The van der Waals surface area contributed by atoms with Gasteiger partial charge in [-0.2, -0.15) is 0 Å². The molecular formula is C59H40N2. The summed E-state index contributed by atoms with van der Waals surface area (Å²) in [5.41, 5.74) is 19.2. The summed E-state index contributed by atoms with van der Waals surface area (Å²) in [6.45, 7) is 0. The molecule has 1 heterocycles. The molecule has 0 unspecified atom stereocenters. The molecule has 9 aromatic carbocycles. The number of rotatable bonds is 8. The van der Waals surface area contributed by atoms with Gasteiger partial charge in [0.25, 0.3) is 0 Å². The standard InChI is InChI=1S/C59H40N2/c1-5-17-41(18-6-1)42-33-37-46(38-34-42)58-60-55(44-19-7-2-8-20-44)40-56(61-58)45-35-31-43(32-36-45)47-21-15-22-48(39-47)51-28-16-30-54-57(51)52-27-13-14-29-53(52)59(54,49-23-9-3-10-24-49)50-25-11-4-12-26-50/h1-40H. The van der Waals surface area contributed by atoms with Gasteiger partial charge in [0, 0.05) is 16.7 Å². The highest BCUT2D eigenvalue weighted by Gasteiger charge is 2.46. The van der Waals surface area contributed by atoms with Crippen LogP contribution in [0.4, 0.5) is 0 Å². The van der Waals surface area contributed by atoms with Crippen molar-refractivity contribution in [2.45, 2.75) is 5.41 Å². The van der Waals surface area contributed by atoms with Crippen molar-refractivity contribution in [3.8, 4) is 78.4 Å². The van der Waals surface area contributed by atoms with E-state index in [0.717, 1.165) is 44.8 Å².